The highest BCUT2D eigenvalue weighted by atomic mass is 19.2. The van der Waals surface area contributed by atoms with Crippen molar-refractivity contribution in [3.05, 3.63) is 35.4 Å². The zero-order valence-electron chi connectivity index (χ0n) is 10.4. The quantitative estimate of drug-likeness (QED) is 0.832. The minimum atomic E-state index is -1.03. The van der Waals surface area contributed by atoms with E-state index in [2.05, 4.69) is 5.32 Å². The number of ketones is 1. The second-order valence-electron chi connectivity index (χ2n) is 5.23. The van der Waals surface area contributed by atoms with Gasteiger partial charge < -0.3 is 10.1 Å². The molecule has 1 aromatic carbocycles. The van der Waals surface area contributed by atoms with Crippen molar-refractivity contribution in [1.82, 2.24) is 5.32 Å². The number of fused-ring (bicyclic) bond motifs is 2. The summed E-state index contributed by atoms with van der Waals surface area (Å²) >= 11 is 0. The average molecular weight is 267 g/mol. The summed E-state index contributed by atoms with van der Waals surface area (Å²) in [6, 6.07) is 4.03. The Labute approximate surface area is 109 Å². The van der Waals surface area contributed by atoms with Crippen LogP contribution < -0.4 is 5.32 Å². The van der Waals surface area contributed by atoms with Crippen LogP contribution in [0.3, 0.4) is 0 Å². The van der Waals surface area contributed by atoms with Crippen LogP contribution in [0.4, 0.5) is 8.78 Å². The van der Waals surface area contributed by atoms with Crippen molar-refractivity contribution in [1.29, 1.82) is 0 Å². The first-order valence-corrected chi connectivity index (χ1v) is 6.47. The first kappa shape index (κ1) is 12.7. The number of hydrogen-bond donors (Lipinski definition) is 1. The molecule has 2 aliphatic heterocycles. The van der Waals surface area contributed by atoms with Crippen molar-refractivity contribution >= 4 is 5.78 Å². The van der Waals surface area contributed by atoms with Crippen LogP contribution in [0.1, 0.15) is 23.2 Å². The lowest BCUT2D eigenvalue weighted by atomic mass is 9.82. The summed E-state index contributed by atoms with van der Waals surface area (Å²) in [6.07, 6.45) is 1.23. The number of nitrogens with one attached hydrogen (secondary N) is 1. The van der Waals surface area contributed by atoms with Gasteiger partial charge in [0.1, 0.15) is 0 Å². The third-order valence-corrected chi connectivity index (χ3v) is 3.84. The smallest absolute Gasteiger partial charge is 0.169 e. The number of halogens is 2. The molecule has 19 heavy (non-hydrogen) atoms. The molecule has 0 saturated carbocycles. The molecule has 2 aliphatic rings. The Kier molecular flexibility index (Phi) is 3.33. The molecule has 0 amide bonds. The number of carbonyl (C=O) groups is 1. The molecule has 5 heteroatoms. The summed E-state index contributed by atoms with van der Waals surface area (Å²) in [5, 5.41) is 3.37. The highest BCUT2D eigenvalue weighted by Gasteiger charge is 2.36. The average Bonchev–Trinajstić information content (AvgIpc) is 2.41. The van der Waals surface area contributed by atoms with E-state index in [1.807, 2.05) is 0 Å². The van der Waals surface area contributed by atoms with Crippen molar-refractivity contribution in [2.45, 2.75) is 24.9 Å². The molecule has 1 aromatic rings. The number of carbonyl (C=O) groups excluding carboxylic acids is 1. The van der Waals surface area contributed by atoms with Gasteiger partial charge in [-0.25, -0.2) is 8.78 Å². The highest BCUT2D eigenvalue weighted by molar-refractivity contribution is 5.98. The molecule has 2 heterocycles. The Bertz CT molecular complexity index is 494. The second kappa shape index (κ2) is 4.98. The molecule has 0 spiro atoms. The lowest BCUT2D eigenvalue weighted by Crippen LogP contribution is -2.55. The number of rotatable bonds is 2. The van der Waals surface area contributed by atoms with Gasteiger partial charge in [0.25, 0.3) is 0 Å². The van der Waals surface area contributed by atoms with E-state index in [4.69, 9.17) is 4.74 Å². The molecule has 2 saturated heterocycles. The lowest BCUT2D eigenvalue weighted by Gasteiger charge is -2.39. The van der Waals surface area contributed by atoms with Crippen molar-refractivity contribution in [2.24, 2.45) is 5.92 Å². The SMILES string of the molecule is O=C(c1cccc(F)c1F)C1CC2COCC(C1)N2. The van der Waals surface area contributed by atoms with Gasteiger partial charge in [0.2, 0.25) is 0 Å². The summed E-state index contributed by atoms with van der Waals surface area (Å²) in [5.74, 6) is -2.55. The molecule has 0 radical (unpaired) electrons. The Morgan fingerprint density at radius 3 is 2.58 bits per heavy atom. The highest BCUT2D eigenvalue weighted by Crippen LogP contribution is 2.28. The molecule has 3 rings (SSSR count). The van der Waals surface area contributed by atoms with Gasteiger partial charge in [-0.2, -0.15) is 0 Å². The first-order valence-electron chi connectivity index (χ1n) is 6.47. The minimum absolute atomic E-state index is 0.133. The molecule has 1 N–H and O–H groups in total. The molecule has 2 fully saturated rings. The van der Waals surface area contributed by atoms with Gasteiger partial charge in [-0.3, -0.25) is 4.79 Å². The van der Waals surface area contributed by atoms with E-state index in [1.165, 1.54) is 12.1 Å². The maximum absolute atomic E-state index is 13.7. The maximum atomic E-state index is 13.7. The number of Topliss-reactive ketones (excluding diaryl/α,β-unsaturated/α-hetero) is 1. The topological polar surface area (TPSA) is 38.3 Å². The molecule has 2 unspecified atom stereocenters. The largest absolute Gasteiger partial charge is 0.378 e. The normalized spacial score (nSPS) is 30.1. The third kappa shape index (κ3) is 2.40. The van der Waals surface area contributed by atoms with Crippen LogP contribution in [0.5, 0.6) is 0 Å². The zero-order valence-corrected chi connectivity index (χ0v) is 10.4. The van der Waals surface area contributed by atoms with Gasteiger partial charge in [-0.05, 0) is 25.0 Å². The van der Waals surface area contributed by atoms with Gasteiger partial charge in [0.05, 0.1) is 18.8 Å². The molecule has 2 atom stereocenters. The number of ether oxygens (including phenoxy) is 1. The van der Waals surface area contributed by atoms with Crippen molar-refractivity contribution < 1.29 is 18.3 Å². The van der Waals surface area contributed by atoms with E-state index in [-0.39, 0.29) is 29.3 Å². The molecule has 0 aromatic heterocycles. The van der Waals surface area contributed by atoms with Crippen LogP contribution in [0.25, 0.3) is 0 Å². The molecular weight excluding hydrogens is 252 g/mol. The number of morpholine rings is 1. The second-order valence-corrected chi connectivity index (χ2v) is 5.23. The summed E-state index contributed by atoms with van der Waals surface area (Å²) in [6.45, 7) is 1.15. The maximum Gasteiger partial charge on any atom is 0.169 e. The Balaban J connectivity index is 1.82. The number of piperidine rings is 1. The van der Waals surface area contributed by atoms with Gasteiger partial charge in [0, 0.05) is 18.0 Å². The van der Waals surface area contributed by atoms with Crippen molar-refractivity contribution in [2.75, 3.05) is 13.2 Å². The van der Waals surface area contributed by atoms with Crippen LogP contribution in [-0.4, -0.2) is 31.1 Å². The zero-order chi connectivity index (χ0) is 13.4. The van der Waals surface area contributed by atoms with E-state index in [1.54, 1.807) is 0 Å². The Morgan fingerprint density at radius 1 is 1.21 bits per heavy atom. The minimum Gasteiger partial charge on any atom is -0.378 e. The fourth-order valence-corrected chi connectivity index (χ4v) is 2.97. The molecule has 102 valence electrons. The predicted octanol–water partition coefficient (Wildman–Crippen LogP) is 1.91. The first-order chi connectivity index (χ1) is 9.15. The van der Waals surface area contributed by atoms with Crippen LogP contribution in [0.2, 0.25) is 0 Å². The molecule has 3 nitrogen and oxygen atoms in total. The van der Waals surface area contributed by atoms with Gasteiger partial charge >= 0.3 is 0 Å². The van der Waals surface area contributed by atoms with Gasteiger partial charge in [-0.15, -0.1) is 0 Å². The molecular formula is C14H15F2NO2. The summed E-state index contributed by atoms with van der Waals surface area (Å²) < 4.78 is 32.2. The molecule has 2 bridgehead atoms. The van der Waals surface area contributed by atoms with E-state index in [0.717, 1.165) is 6.07 Å². The summed E-state index contributed by atoms with van der Waals surface area (Å²) in [5.41, 5.74) is -0.133. The van der Waals surface area contributed by atoms with Crippen molar-refractivity contribution in [3.8, 4) is 0 Å². The van der Waals surface area contributed by atoms with Crippen LogP contribution in [0, 0.1) is 17.6 Å². The van der Waals surface area contributed by atoms with Crippen molar-refractivity contribution in [3.63, 3.8) is 0 Å². The Morgan fingerprint density at radius 2 is 1.89 bits per heavy atom. The van der Waals surface area contributed by atoms with Crippen LogP contribution in [-0.2, 0) is 4.74 Å². The van der Waals surface area contributed by atoms with E-state index in [0.29, 0.717) is 26.1 Å². The van der Waals surface area contributed by atoms with E-state index >= 15 is 0 Å². The standard InChI is InChI=1S/C14H15F2NO2/c15-12-3-1-2-11(13(12)16)14(18)8-4-9-6-19-7-10(5-8)17-9/h1-3,8-10,17H,4-7H2. The van der Waals surface area contributed by atoms with Gasteiger partial charge in [0.15, 0.2) is 17.4 Å². The monoisotopic (exact) mass is 267 g/mol. The fraction of sp³-hybridized carbons (Fsp3) is 0.500. The summed E-state index contributed by atoms with van der Waals surface area (Å²) in [7, 11) is 0. The Hall–Kier alpha value is -1.33. The van der Waals surface area contributed by atoms with Crippen LogP contribution >= 0.6 is 0 Å². The summed E-state index contributed by atoms with van der Waals surface area (Å²) in [4.78, 5) is 12.3. The van der Waals surface area contributed by atoms with Crippen LogP contribution in [0.15, 0.2) is 18.2 Å². The van der Waals surface area contributed by atoms with E-state index in [9.17, 15) is 13.6 Å². The number of hydrogen-bond acceptors (Lipinski definition) is 3. The predicted molar refractivity (Wildman–Crippen MR) is 64.9 cm³/mol. The fourth-order valence-electron chi connectivity index (χ4n) is 2.97. The third-order valence-electron chi connectivity index (χ3n) is 3.84. The number of benzene rings is 1. The van der Waals surface area contributed by atoms with E-state index < -0.39 is 11.6 Å². The lowest BCUT2D eigenvalue weighted by molar-refractivity contribution is 0.00944. The van der Waals surface area contributed by atoms with Gasteiger partial charge in [-0.1, -0.05) is 6.07 Å². The molecule has 0 aliphatic carbocycles.